The Hall–Kier alpha value is -4.74. The number of carbonyl (C=O) groups excluding carboxylic acids is 2. The van der Waals surface area contributed by atoms with Crippen molar-refractivity contribution in [1.29, 1.82) is 0 Å². The first-order valence-corrected chi connectivity index (χ1v) is 15.4. The topological polar surface area (TPSA) is 165 Å². The van der Waals surface area contributed by atoms with Gasteiger partial charge in [0.25, 0.3) is 0 Å². The number of nitrogens with one attached hydrogen (secondary N) is 5. The van der Waals surface area contributed by atoms with Crippen LogP contribution < -0.4 is 47.5 Å². The van der Waals surface area contributed by atoms with Gasteiger partial charge in [-0.15, -0.1) is 0 Å². The molecule has 17 heteroatoms. The molecule has 0 spiro atoms. The Morgan fingerprint density at radius 3 is 2.08 bits per heavy atom. The molecule has 9 N–H and O–H groups in total. The van der Waals surface area contributed by atoms with Crippen LogP contribution in [0.1, 0.15) is 36.8 Å². The third-order valence-corrected chi connectivity index (χ3v) is 7.15. The second kappa shape index (κ2) is 16.6. The highest BCUT2D eigenvalue weighted by molar-refractivity contribution is 6.02. The second-order valence-electron chi connectivity index (χ2n) is 11.1. The number of hydrogen-bond acceptors (Lipinski definition) is 8. The summed E-state index contributed by atoms with van der Waals surface area (Å²) >= 11 is 0. The Labute approximate surface area is 278 Å². The molecule has 1 unspecified atom stereocenters. The van der Waals surface area contributed by atoms with Crippen molar-refractivity contribution < 1.29 is 45.4 Å². The largest absolute Gasteiger partial charge is 0.485 e. The van der Waals surface area contributed by atoms with Gasteiger partial charge in [0.15, 0.2) is 5.75 Å². The molecular formula is C32H37F6N7O4. The molecule has 0 saturated carbocycles. The highest BCUT2D eigenvalue weighted by Crippen LogP contribution is 2.42. The monoisotopic (exact) mass is 697 g/mol. The number of amides is 3. The molecular weight excluding hydrogens is 660 g/mol. The highest BCUT2D eigenvalue weighted by atomic mass is 19.4. The van der Waals surface area contributed by atoms with E-state index in [0.717, 1.165) is 18.2 Å². The number of nitrogens with two attached hydrogens (primary N) is 2. The molecule has 3 amide bonds. The van der Waals surface area contributed by atoms with Crippen molar-refractivity contribution in [3.8, 4) is 17.2 Å². The van der Waals surface area contributed by atoms with E-state index >= 15 is 0 Å². The van der Waals surface area contributed by atoms with Gasteiger partial charge in [0.1, 0.15) is 17.6 Å². The minimum absolute atomic E-state index is 0.0148. The van der Waals surface area contributed by atoms with Gasteiger partial charge in [-0.2, -0.15) is 26.3 Å². The van der Waals surface area contributed by atoms with Crippen LogP contribution in [-0.4, -0.2) is 50.8 Å². The molecule has 49 heavy (non-hydrogen) atoms. The zero-order valence-corrected chi connectivity index (χ0v) is 26.2. The molecule has 4 rings (SSSR count). The first-order chi connectivity index (χ1) is 23.2. The molecule has 1 atom stereocenters. The van der Waals surface area contributed by atoms with Gasteiger partial charge < -0.3 is 47.5 Å². The van der Waals surface area contributed by atoms with Crippen LogP contribution >= 0.6 is 0 Å². The number of benzene rings is 3. The first-order valence-electron chi connectivity index (χ1n) is 15.4. The van der Waals surface area contributed by atoms with Gasteiger partial charge in [0.2, 0.25) is 5.91 Å². The molecule has 1 aliphatic heterocycles. The molecule has 11 nitrogen and oxygen atoms in total. The van der Waals surface area contributed by atoms with Crippen molar-refractivity contribution in [3.63, 3.8) is 0 Å². The Morgan fingerprint density at radius 2 is 1.47 bits per heavy atom. The van der Waals surface area contributed by atoms with Crippen molar-refractivity contribution in [3.05, 3.63) is 65.7 Å². The van der Waals surface area contributed by atoms with Gasteiger partial charge in [0, 0.05) is 43.5 Å². The fourth-order valence-electron chi connectivity index (χ4n) is 4.81. The summed E-state index contributed by atoms with van der Waals surface area (Å²) in [4.78, 5) is 25.7. The summed E-state index contributed by atoms with van der Waals surface area (Å²) < 4.78 is 93.7. The number of rotatable bonds is 14. The average molecular weight is 698 g/mol. The summed E-state index contributed by atoms with van der Waals surface area (Å²) in [6, 6.07) is 9.20. The van der Waals surface area contributed by atoms with Gasteiger partial charge in [-0.3, -0.25) is 4.79 Å². The third-order valence-electron chi connectivity index (χ3n) is 7.15. The number of urea groups is 1. The zero-order chi connectivity index (χ0) is 35.6. The van der Waals surface area contributed by atoms with Crippen molar-refractivity contribution in [1.82, 2.24) is 5.32 Å². The van der Waals surface area contributed by atoms with Crippen LogP contribution in [-0.2, 0) is 17.1 Å². The van der Waals surface area contributed by atoms with E-state index in [1.165, 1.54) is 30.3 Å². The lowest BCUT2D eigenvalue weighted by molar-refractivity contribution is -0.138. The Bertz CT molecular complexity index is 1580. The summed E-state index contributed by atoms with van der Waals surface area (Å²) in [6.45, 7) is 1.79. The predicted molar refractivity (Wildman–Crippen MR) is 173 cm³/mol. The van der Waals surface area contributed by atoms with Gasteiger partial charge in [-0.1, -0.05) is 0 Å². The van der Waals surface area contributed by atoms with E-state index in [1.807, 2.05) is 0 Å². The molecule has 3 aromatic carbocycles. The highest BCUT2D eigenvalue weighted by Gasteiger charge is 2.34. The zero-order valence-electron chi connectivity index (χ0n) is 26.2. The second-order valence-corrected chi connectivity index (χ2v) is 11.1. The number of hydrogen-bond donors (Lipinski definition) is 7. The van der Waals surface area contributed by atoms with Crippen LogP contribution in [0.25, 0.3) is 0 Å². The lowest BCUT2D eigenvalue weighted by Crippen LogP contribution is -2.25. The summed E-state index contributed by atoms with van der Waals surface area (Å²) in [6.07, 6.45) is -8.37. The van der Waals surface area contributed by atoms with E-state index in [-0.39, 0.29) is 59.5 Å². The number of halogens is 6. The van der Waals surface area contributed by atoms with Crippen LogP contribution in [0.2, 0.25) is 0 Å². The van der Waals surface area contributed by atoms with E-state index in [2.05, 4.69) is 26.6 Å². The van der Waals surface area contributed by atoms with Gasteiger partial charge >= 0.3 is 18.4 Å². The van der Waals surface area contributed by atoms with Crippen molar-refractivity contribution in [2.45, 2.75) is 44.1 Å². The minimum Gasteiger partial charge on any atom is -0.485 e. The summed E-state index contributed by atoms with van der Waals surface area (Å²) in [5, 5.41) is 13.2. The molecule has 3 aromatic rings. The van der Waals surface area contributed by atoms with E-state index in [1.54, 1.807) is 0 Å². The SMILES string of the molecule is NCCCCC(=O)Nc1cc(C(F)(F)F)cc(NC(=O)Nc2ccc(Oc3cc(NCCN)cc(C(F)(F)F)c3)cc2)c1OC1CCNC1. The minimum atomic E-state index is -4.82. The standard InChI is InChI=1S/C32H37F6N7O4/c33-31(34,35)19-13-22(42-12-10-40)17-25(14-19)48-23-6-4-21(5-7-23)43-30(47)45-27-16-20(32(36,37)38)15-26(44-28(46)3-1-2-9-39)29(27)49-24-8-11-41-18-24/h4-7,13-17,24,41-42H,1-3,8-12,18,39-40H2,(H,44,46)(H2,43,45,47). The molecule has 1 heterocycles. The molecule has 0 bridgehead atoms. The predicted octanol–water partition coefficient (Wildman–Crippen LogP) is 6.34. The van der Waals surface area contributed by atoms with Crippen molar-refractivity contribution in [2.24, 2.45) is 11.5 Å². The summed E-state index contributed by atoms with van der Waals surface area (Å²) in [5.41, 5.74) is 8.59. The Balaban J connectivity index is 1.53. The molecule has 1 fully saturated rings. The smallest absolute Gasteiger partial charge is 0.416 e. The maximum absolute atomic E-state index is 13.9. The van der Waals surface area contributed by atoms with E-state index < -0.39 is 41.5 Å². The van der Waals surface area contributed by atoms with Crippen LogP contribution in [0.5, 0.6) is 17.2 Å². The average Bonchev–Trinajstić information content (AvgIpc) is 3.55. The summed E-state index contributed by atoms with van der Waals surface area (Å²) in [5.74, 6) is -0.660. The lowest BCUT2D eigenvalue weighted by atomic mass is 10.1. The number of anilines is 4. The van der Waals surface area contributed by atoms with Crippen molar-refractivity contribution in [2.75, 3.05) is 54.0 Å². The molecule has 0 aromatic heterocycles. The van der Waals surface area contributed by atoms with Gasteiger partial charge in [-0.25, -0.2) is 4.79 Å². The molecule has 1 aliphatic rings. The number of alkyl halides is 6. The number of carbonyl (C=O) groups is 2. The first kappa shape index (κ1) is 37.1. The van der Waals surface area contributed by atoms with E-state index in [0.29, 0.717) is 45.0 Å². The summed E-state index contributed by atoms with van der Waals surface area (Å²) in [7, 11) is 0. The lowest BCUT2D eigenvalue weighted by Gasteiger charge is -2.22. The van der Waals surface area contributed by atoms with Crippen LogP contribution in [0.3, 0.4) is 0 Å². The van der Waals surface area contributed by atoms with Crippen molar-refractivity contribution >= 4 is 34.7 Å². The maximum atomic E-state index is 13.9. The number of unbranched alkanes of at least 4 members (excludes halogenated alkanes) is 1. The Morgan fingerprint density at radius 1 is 0.796 bits per heavy atom. The van der Waals surface area contributed by atoms with Crippen LogP contribution in [0.4, 0.5) is 53.9 Å². The van der Waals surface area contributed by atoms with Gasteiger partial charge in [-0.05, 0) is 80.9 Å². The van der Waals surface area contributed by atoms with E-state index in [9.17, 15) is 35.9 Å². The molecule has 266 valence electrons. The number of ether oxygens (including phenoxy) is 2. The fraction of sp³-hybridized carbons (Fsp3) is 0.375. The normalized spacial score (nSPS) is 14.7. The quantitative estimate of drug-likeness (QED) is 0.0758. The third kappa shape index (κ3) is 11.2. The van der Waals surface area contributed by atoms with Gasteiger partial charge in [0.05, 0.1) is 22.5 Å². The fourth-order valence-corrected chi connectivity index (χ4v) is 4.81. The molecule has 0 aliphatic carbocycles. The molecule has 1 saturated heterocycles. The maximum Gasteiger partial charge on any atom is 0.416 e. The van der Waals surface area contributed by atoms with Crippen LogP contribution in [0.15, 0.2) is 54.6 Å². The van der Waals surface area contributed by atoms with Crippen LogP contribution in [0, 0.1) is 0 Å². The Kier molecular flexibility index (Phi) is 12.5. The molecule has 0 radical (unpaired) electrons. The van der Waals surface area contributed by atoms with E-state index in [4.69, 9.17) is 20.9 Å².